The van der Waals surface area contributed by atoms with Gasteiger partial charge in [-0.3, -0.25) is 0 Å². The minimum absolute atomic E-state index is 0.287. The number of para-hydroxylation sites is 1. The molecule has 1 aliphatic rings. The fourth-order valence-electron chi connectivity index (χ4n) is 2.98. The van der Waals surface area contributed by atoms with Crippen LogP contribution in [0.1, 0.15) is 12.8 Å². The fourth-order valence-corrected chi connectivity index (χ4v) is 2.98. The number of nitrogens with zero attached hydrogens (tertiary/aromatic N) is 3. The molecular formula is C18H24N4O2. The van der Waals surface area contributed by atoms with Gasteiger partial charge in [0.1, 0.15) is 18.5 Å². The van der Waals surface area contributed by atoms with Gasteiger partial charge in [-0.2, -0.15) is 5.10 Å². The number of nitrogens with one attached hydrogen (secondary N) is 1. The number of rotatable bonds is 8. The molecule has 3 rings (SSSR count). The van der Waals surface area contributed by atoms with E-state index >= 15 is 0 Å². The van der Waals surface area contributed by atoms with Gasteiger partial charge in [0, 0.05) is 31.9 Å². The summed E-state index contributed by atoms with van der Waals surface area (Å²) in [6.45, 7) is 2.62. The van der Waals surface area contributed by atoms with Gasteiger partial charge in [-0.05, 0) is 37.1 Å². The van der Waals surface area contributed by atoms with E-state index in [0.717, 1.165) is 37.5 Å². The molecule has 2 aromatic rings. The third kappa shape index (κ3) is 4.66. The van der Waals surface area contributed by atoms with Crippen molar-refractivity contribution in [1.82, 2.24) is 15.5 Å². The first-order valence-corrected chi connectivity index (χ1v) is 8.44. The van der Waals surface area contributed by atoms with Gasteiger partial charge in [-0.15, -0.1) is 5.10 Å². The predicted octanol–water partition coefficient (Wildman–Crippen LogP) is 1.47. The third-order valence-electron chi connectivity index (χ3n) is 4.18. The molecule has 2 atom stereocenters. The molecule has 6 heteroatoms. The lowest BCUT2D eigenvalue weighted by molar-refractivity contribution is 0.106. The molecule has 2 heterocycles. The molecule has 0 radical (unpaired) electrons. The van der Waals surface area contributed by atoms with Gasteiger partial charge < -0.3 is 20.1 Å². The molecule has 2 N–H and O–H groups in total. The highest BCUT2D eigenvalue weighted by Gasteiger charge is 2.25. The zero-order chi connectivity index (χ0) is 16.6. The van der Waals surface area contributed by atoms with Crippen molar-refractivity contribution in [2.45, 2.75) is 25.0 Å². The summed E-state index contributed by atoms with van der Waals surface area (Å²) in [5.41, 5.74) is 0. The molecule has 6 nitrogen and oxygen atoms in total. The Morgan fingerprint density at radius 2 is 2.12 bits per heavy atom. The molecule has 2 unspecified atom stereocenters. The topological polar surface area (TPSA) is 70.5 Å². The van der Waals surface area contributed by atoms with Crippen LogP contribution in [0.4, 0.5) is 5.82 Å². The maximum atomic E-state index is 10.0. The van der Waals surface area contributed by atoms with Crippen LogP contribution in [0, 0.1) is 0 Å². The number of anilines is 1. The van der Waals surface area contributed by atoms with Crippen LogP contribution in [0.3, 0.4) is 0 Å². The minimum Gasteiger partial charge on any atom is -0.491 e. The molecule has 1 saturated heterocycles. The number of hydrogen-bond acceptors (Lipinski definition) is 6. The standard InChI is InChI=1S/C18H24N4O2/c23-16(14-24-17-7-2-1-3-8-17)13-19-12-15-6-5-11-22(15)18-9-4-10-20-21-18/h1-4,7-10,15-16,19,23H,5-6,11-14H2. The maximum Gasteiger partial charge on any atom is 0.151 e. The van der Waals surface area contributed by atoms with E-state index < -0.39 is 6.10 Å². The van der Waals surface area contributed by atoms with Crippen LogP contribution < -0.4 is 15.0 Å². The predicted molar refractivity (Wildman–Crippen MR) is 93.2 cm³/mol. The zero-order valence-corrected chi connectivity index (χ0v) is 13.7. The second-order valence-corrected chi connectivity index (χ2v) is 6.01. The average Bonchev–Trinajstić information content (AvgIpc) is 3.10. The molecule has 24 heavy (non-hydrogen) atoms. The molecule has 0 aliphatic carbocycles. The van der Waals surface area contributed by atoms with E-state index in [0.29, 0.717) is 12.6 Å². The van der Waals surface area contributed by atoms with Gasteiger partial charge in [0.2, 0.25) is 0 Å². The van der Waals surface area contributed by atoms with Crippen LogP contribution >= 0.6 is 0 Å². The maximum absolute atomic E-state index is 10.0. The van der Waals surface area contributed by atoms with Crippen LogP contribution in [0.25, 0.3) is 0 Å². The first kappa shape index (κ1) is 16.7. The van der Waals surface area contributed by atoms with Gasteiger partial charge in [-0.1, -0.05) is 18.2 Å². The molecular weight excluding hydrogens is 304 g/mol. The summed E-state index contributed by atoms with van der Waals surface area (Å²) in [5, 5.41) is 21.5. The largest absolute Gasteiger partial charge is 0.491 e. The van der Waals surface area contributed by atoms with Crippen molar-refractivity contribution in [2.75, 3.05) is 31.1 Å². The van der Waals surface area contributed by atoms with Crippen LogP contribution in [0.15, 0.2) is 48.7 Å². The summed E-state index contributed by atoms with van der Waals surface area (Å²) in [7, 11) is 0. The van der Waals surface area contributed by atoms with E-state index in [4.69, 9.17) is 4.74 Å². The first-order valence-electron chi connectivity index (χ1n) is 8.44. The third-order valence-corrected chi connectivity index (χ3v) is 4.18. The minimum atomic E-state index is -0.531. The fraction of sp³-hybridized carbons (Fsp3) is 0.444. The smallest absolute Gasteiger partial charge is 0.151 e. The molecule has 1 aromatic heterocycles. The zero-order valence-electron chi connectivity index (χ0n) is 13.7. The van der Waals surface area contributed by atoms with Gasteiger partial charge in [-0.25, -0.2) is 0 Å². The van der Waals surface area contributed by atoms with Crippen molar-refractivity contribution in [3.8, 4) is 5.75 Å². The Hall–Kier alpha value is -2.18. The number of benzene rings is 1. The van der Waals surface area contributed by atoms with Gasteiger partial charge >= 0.3 is 0 Å². The molecule has 0 saturated carbocycles. The molecule has 1 aromatic carbocycles. The lowest BCUT2D eigenvalue weighted by atomic mass is 10.2. The van der Waals surface area contributed by atoms with E-state index in [9.17, 15) is 5.11 Å². The molecule has 0 amide bonds. The number of aliphatic hydroxyl groups is 1. The molecule has 1 aliphatic heterocycles. The van der Waals surface area contributed by atoms with Crippen molar-refractivity contribution >= 4 is 5.82 Å². The summed E-state index contributed by atoms with van der Waals surface area (Å²) in [6, 6.07) is 13.8. The van der Waals surface area contributed by atoms with Gasteiger partial charge in [0.15, 0.2) is 5.82 Å². The van der Waals surface area contributed by atoms with Crippen LogP contribution in [0.2, 0.25) is 0 Å². The Kier molecular flexibility index (Phi) is 5.98. The van der Waals surface area contributed by atoms with Crippen molar-refractivity contribution in [2.24, 2.45) is 0 Å². The Labute approximate surface area is 142 Å². The molecule has 0 bridgehead atoms. The van der Waals surface area contributed by atoms with Gasteiger partial charge in [0.05, 0.1) is 0 Å². The number of aliphatic hydroxyl groups excluding tert-OH is 1. The van der Waals surface area contributed by atoms with Gasteiger partial charge in [0.25, 0.3) is 0 Å². The Morgan fingerprint density at radius 1 is 1.25 bits per heavy atom. The second kappa shape index (κ2) is 8.61. The average molecular weight is 328 g/mol. The summed E-state index contributed by atoms with van der Waals surface area (Å²) < 4.78 is 5.56. The first-order chi connectivity index (χ1) is 11.8. The van der Waals surface area contributed by atoms with Crippen LogP contribution in [-0.2, 0) is 0 Å². The quantitative estimate of drug-likeness (QED) is 0.765. The van der Waals surface area contributed by atoms with Crippen molar-refractivity contribution < 1.29 is 9.84 Å². The summed E-state index contributed by atoms with van der Waals surface area (Å²) >= 11 is 0. The Bertz CT molecular complexity index is 596. The Balaban J connectivity index is 1.39. The lowest BCUT2D eigenvalue weighted by Gasteiger charge is -2.25. The SMILES string of the molecule is OC(CNCC1CCCN1c1cccnn1)COc1ccccc1. The van der Waals surface area contributed by atoms with E-state index in [-0.39, 0.29) is 6.61 Å². The number of hydrogen-bond donors (Lipinski definition) is 2. The van der Waals surface area contributed by atoms with E-state index in [1.54, 1.807) is 6.20 Å². The summed E-state index contributed by atoms with van der Waals surface area (Å²) in [4.78, 5) is 2.28. The molecule has 1 fully saturated rings. The monoisotopic (exact) mass is 328 g/mol. The molecule has 128 valence electrons. The van der Waals surface area contributed by atoms with E-state index in [2.05, 4.69) is 20.4 Å². The summed E-state index contributed by atoms with van der Waals surface area (Å²) in [5.74, 6) is 1.70. The number of ether oxygens (including phenoxy) is 1. The van der Waals surface area contributed by atoms with Crippen molar-refractivity contribution in [1.29, 1.82) is 0 Å². The van der Waals surface area contributed by atoms with E-state index in [1.807, 2.05) is 42.5 Å². The highest BCUT2D eigenvalue weighted by molar-refractivity contribution is 5.39. The molecule has 0 spiro atoms. The lowest BCUT2D eigenvalue weighted by Crippen LogP contribution is -2.41. The van der Waals surface area contributed by atoms with Crippen molar-refractivity contribution in [3.63, 3.8) is 0 Å². The highest BCUT2D eigenvalue weighted by Crippen LogP contribution is 2.22. The number of aromatic nitrogens is 2. The normalized spacial score (nSPS) is 18.5. The second-order valence-electron chi connectivity index (χ2n) is 6.01. The van der Waals surface area contributed by atoms with Crippen LogP contribution in [-0.4, -0.2) is 53.7 Å². The van der Waals surface area contributed by atoms with Crippen molar-refractivity contribution in [3.05, 3.63) is 48.7 Å². The Morgan fingerprint density at radius 3 is 2.92 bits per heavy atom. The van der Waals surface area contributed by atoms with E-state index in [1.165, 1.54) is 0 Å². The summed E-state index contributed by atoms with van der Waals surface area (Å²) in [6.07, 6.45) is 3.44. The highest BCUT2D eigenvalue weighted by atomic mass is 16.5. The van der Waals surface area contributed by atoms with Crippen LogP contribution in [0.5, 0.6) is 5.75 Å².